The maximum atomic E-state index is 12.4. The van der Waals surface area contributed by atoms with E-state index in [4.69, 9.17) is 9.47 Å². The summed E-state index contributed by atoms with van der Waals surface area (Å²) in [5.74, 6) is 1.16. The number of carbonyl (C=O) groups excluding carboxylic acids is 1. The number of amides is 1. The van der Waals surface area contributed by atoms with Crippen LogP contribution in [0.4, 0.5) is 5.69 Å². The van der Waals surface area contributed by atoms with Crippen LogP contribution in [0.3, 0.4) is 0 Å². The summed E-state index contributed by atoms with van der Waals surface area (Å²) in [6.07, 6.45) is -0.717. The largest absolute Gasteiger partial charge is 0.466 e. The Balaban J connectivity index is 1.59. The Labute approximate surface area is 154 Å². The smallest absolute Gasteiger partial charge is 0.270 e. The van der Waals surface area contributed by atoms with E-state index in [1.54, 1.807) is 24.3 Å². The molecule has 0 fully saturated rings. The Morgan fingerprint density at radius 2 is 1.74 bits per heavy atom. The van der Waals surface area contributed by atoms with Gasteiger partial charge in [0.2, 0.25) is 0 Å². The summed E-state index contributed by atoms with van der Waals surface area (Å²) in [5.41, 5.74) is 0.669. The number of para-hydroxylation sites is 1. The molecule has 0 saturated heterocycles. The Hall–Kier alpha value is -3.87. The van der Waals surface area contributed by atoms with E-state index in [1.807, 2.05) is 30.3 Å². The summed E-state index contributed by atoms with van der Waals surface area (Å²) in [4.78, 5) is 22.7. The number of hydrogen-bond acceptors (Lipinski definition) is 5. The minimum atomic E-state index is -0.717. The number of nitro groups is 1. The van der Waals surface area contributed by atoms with Crippen LogP contribution in [-0.2, 0) is 0 Å². The van der Waals surface area contributed by atoms with Gasteiger partial charge >= 0.3 is 0 Å². The van der Waals surface area contributed by atoms with Crippen molar-refractivity contribution in [2.75, 3.05) is 0 Å². The topological polar surface area (TPSA) is 90.7 Å². The molecule has 0 saturated carbocycles. The number of carbonyl (C=O) groups is 1. The molecule has 1 aliphatic rings. The normalized spacial score (nSPS) is 15.3. The number of nitrogens with one attached hydrogen (secondary N) is 1. The molecule has 0 aliphatic carbocycles. The number of nitrogens with zero attached hydrogens (tertiary/aromatic N) is 1. The number of ether oxygens (including phenoxy) is 2. The molecule has 4 rings (SSSR count). The Kier molecular flexibility index (Phi) is 4.18. The highest BCUT2D eigenvalue weighted by Gasteiger charge is 2.28. The van der Waals surface area contributed by atoms with E-state index in [-0.39, 0.29) is 11.3 Å². The number of hydrogen-bond donors (Lipinski definition) is 1. The van der Waals surface area contributed by atoms with Gasteiger partial charge in [0.15, 0.2) is 6.23 Å². The van der Waals surface area contributed by atoms with E-state index in [1.165, 1.54) is 18.2 Å². The van der Waals surface area contributed by atoms with Gasteiger partial charge in [-0.3, -0.25) is 14.9 Å². The zero-order chi connectivity index (χ0) is 18.8. The van der Waals surface area contributed by atoms with Gasteiger partial charge in [0.05, 0.1) is 10.5 Å². The van der Waals surface area contributed by atoms with Crippen molar-refractivity contribution >= 4 is 11.6 Å². The molecule has 0 spiro atoms. The van der Waals surface area contributed by atoms with Crippen LogP contribution in [0.25, 0.3) is 0 Å². The van der Waals surface area contributed by atoms with Crippen LogP contribution in [0.2, 0.25) is 0 Å². The first-order chi connectivity index (χ1) is 13.1. The first kappa shape index (κ1) is 16.6. The number of fused-ring (bicyclic) bond motifs is 1. The molecule has 1 heterocycles. The van der Waals surface area contributed by atoms with Gasteiger partial charge in [-0.15, -0.1) is 0 Å². The zero-order valence-electron chi connectivity index (χ0n) is 14.0. The molecular formula is C20H14N2O5. The molecule has 7 nitrogen and oxygen atoms in total. The third-order valence-electron chi connectivity index (χ3n) is 4.07. The number of rotatable bonds is 4. The summed E-state index contributed by atoms with van der Waals surface area (Å²) in [5, 5.41) is 13.6. The van der Waals surface area contributed by atoms with Crippen LogP contribution in [0.5, 0.6) is 17.2 Å². The average Bonchev–Trinajstić information content (AvgIpc) is 2.68. The third-order valence-corrected chi connectivity index (χ3v) is 4.07. The third kappa shape index (κ3) is 3.43. The summed E-state index contributed by atoms with van der Waals surface area (Å²) >= 11 is 0. The fraction of sp³-hybridized carbons (Fsp3) is 0.0500. The zero-order valence-corrected chi connectivity index (χ0v) is 14.0. The minimum Gasteiger partial charge on any atom is -0.466 e. The lowest BCUT2D eigenvalue weighted by atomic mass is 10.1. The molecule has 1 unspecified atom stereocenters. The molecule has 0 bridgehead atoms. The molecule has 1 amide bonds. The van der Waals surface area contributed by atoms with Gasteiger partial charge in [-0.1, -0.05) is 30.3 Å². The van der Waals surface area contributed by atoms with Crippen molar-refractivity contribution in [1.82, 2.24) is 5.32 Å². The van der Waals surface area contributed by atoms with Crippen molar-refractivity contribution in [3.8, 4) is 17.2 Å². The molecule has 0 radical (unpaired) electrons. The maximum absolute atomic E-state index is 12.4. The monoisotopic (exact) mass is 362 g/mol. The van der Waals surface area contributed by atoms with E-state index in [0.29, 0.717) is 22.8 Å². The van der Waals surface area contributed by atoms with Crippen LogP contribution in [0.1, 0.15) is 22.1 Å². The van der Waals surface area contributed by atoms with E-state index in [0.717, 1.165) is 0 Å². The second-order valence-corrected chi connectivity index (χ2v) is 5.90. The summed E-state index contributed by atoms with van der Waals surface area (Å²) in [6.45, 7) is 0. The van der Waals surface area contributed by atoms with E-state index < -0.39 is 17.1 Å². The molecule has 1 aliphatic heterocycles. The number of nitro benzene ring substituents is 1. The number of benzene rings is 3. The van der Waals surface area contributed by atoms with Crippen molar-refractivity contribution < 1.29 is 19.2 Å². The van der Waals surface area contributed by atoms with Gasteiger partial charge < -0.3 is 14.8 Å². The lowest BCUT2D eigenvalue weighted by Crippen LogP contribution is -2.36. The Morgan fingerprint density at radius 1 is 0.963 bits per heavy atom. The number of non-ortho nitro benzene ring substituents is 1. The summed E-state index contributed by atoms with van der Waals surface area (Å²) < 4.78 is 11.6. The predicted molar refractivity (Wildman–Crippen MR) is 96.9 cm³/mol. The average molecular weight is 362 g/mol. The summed E-state index contributed by atoms with van der Waals surface area (Å²) in [6, 6.07) is 20.5. The maximum Gasteiger partial charge on any atom is 0.270 e. The van der Waals surface area contributed by atoms with Crippen molar-refractivity contribution in [3.63, 3.8) is 0 Å². The molecular weight excluding hydrogens is 348 g/mol. The molecule has 1 atom stereocenters. The van der Waals surface area contributed by atoms with Crippen molar-refractivity contribution in [2.45, 2.75) is 6.23 Å². The lowest BCUT2D eigenvalue weighted by Gasteiger charge is -2.27. The SMILES string of the molecule is O=C1NC(c2cccc(Oc3ccccc3)c2)Oc2ccc([N+](=O)[O-])cc21. The fourth-order valence-corrected chi connectivity index (χ4v) is 2.78. The minimum absolute atomic E-state index is 0.136. The van der Waals surface area contributed by atoms with Crippen molar-refractivity contribution in [2.24, 2.45) is 0 Å². The van der Waals surface area contributed by atoms with Crippen LogP contribution >= 0.6 is 0 Å². The predicted octanol–water partition coefficient (Wildman–Crippen LogP) is 4.21. The quantitative estimate of drug-likeness (QED) is 0.555. The second kappa shape index (κ2) is 6.80. The van der Waals surface area contributed by atoms with Gasteiger partial charge in [-0.25, -0.2) is 0 Å². The van der Waals surface area contributed by atoms with E-state index >= 15 is 0 Å². The first-order valence-electron chi connectivity index (χ1n) is 8.19. The summed E-state index contributed by atoms with van der Waals surface area (Å²) in [7, 11) is 0. The van der Waals surface area contributed by atoms with Gasteiger partial charge in [0.1, 0.15) is 17.2 Å². The Morgan fingerprint density at radius 3 is 2.52 bits per heavy atom. The van der Waals surface area contributed by atoms with Crippen molar-refractivity contribution in [1.29, 1.82) is 0 Å². The Bertz CT molecular complexity index is 1020. The molecule has 1 N–H and O–H groups in total. The first-order valence-corrected chi connectivity index (χ1v) is 8.19. The van der Waals surface area contributed by atoms with Gasteiger partial charge in [-0.2, -0.15) is 0 Å². The highest BCUT2D eigenvalue weighted by atomic mass is 16.6. The molecule has 0 aromatic heterocycles. The van der Waals surface area contributed by atoms with Crippen LogP contribution < -0.4 is 14.8 Å². The van der Waals surface area contributed by atoms with E-state index in [2.05, 4.69) is 5.32 Å². The van der Waals surface area contributed by atoms with Gasteiger partial charge in [-0.05, 0) is 30.3 Å². The highest BCUT2D eigenvalue weighted by molar-refractivity contribution is 5.98. The molecule has 3 aromatic rings. The standard InChI is InChI=1S/C20H14N2O5/c23-19-17-12-14(22(24)25)9-10-18(17)27-20(21-19)13-5-4-8-16(11-13)26-15-6-2-1-3-7-15/h1-12,20H,(H,21,23). The van der Waals surface area contributed by atoms with Crippen LogP contribution in [0.15, 0.2) is 72.8 Å². The lowest BCUT2D eigenvalue weighted by molar-refractivity contribution is -0.384. The van der Waals surface area contributed by atoms with Crippen molar-refractivity contribution in [3.05, 3.63) is 94.0 Å². The molecule has 3 aromatic carbocycles. The second-order valence-electron chi connectivity index (χ2n) is 5.90. The van der Waals surface area contributed by atoms with Gasteiger partial charge in [0.25, 0.3) is 11.6 Å². The van der Waals surface area contributed by atoms with Gasteiger partial charge in [0, 0.05) is 17.7 Å². The molecule has 27 heavy (non-hydrogen) atoms. The highest BCUT2D eigenvalue weighted by Crippen LogP contribution is 2.33. The fourth-order valence-electron chi connectivity index (χ4n) is 2.78. The molecule has 134 valence electrons. The van der Waals surface area contributed by atoms with Crippen LogP contribution in [0, 0.1) is 10.1 Å². The van der Waals surface area contributed by atoms with Crippen LogP contribution in [-0.4, -0.2) is 10.8 Å². The molecule has 7 heteroatoms. The van der Waals surface area contributed by atoms with E-state index in [9.17, 15) is 14.9 Å².